The van der Waals surface area contributed by atoms with Gasteiger partial charge in [0.05, 0.1) is 13.2 Å². The molecule has 0 atom stereocenters. The Bertz CT molecular complexity index is 214. The Balaban J connectivity index is -0.000000414. The molecule has 0 bridgehead atoms. The number of phosphoric acid groups is 1. The SMILES string of the molecule is CC(C)CCCCCCCOCCO.O=P([O-])(O)O.[K+]. The van der Waals surface area contributed by atoms with Crippen molar-refractivity contribution in [3.05, 3.63) is 0 Å². The zero-order chi connectivity index (χ0) is 15.1. The maximum absolute atomic E-state index is 8.77. The van der Waals surface area contributed by atoms with Crippen LogP contribution < -0.4 is 56.3 Å². The van der Waals surface area contributed by atoms with Crippen LogP contribution in [0.1, 0.15) is 52.4 Å². The fourth-order valence-corrected chi connectivity index (χ4v) is 1.45. The molecule has 0 aliphatic rings. The summed E-state index contributed by atoms with van der Waals surface area (Å²) in [7, 11) is -4.89. The summed E-state index contributed by atoms with van der Waals surface area (Å²) in [5, 5.41) is 8.47. The van der Waals surface area contributed by atoms with E-state index in [0.717, 1.165) is 18.9 Å². The van der Waals surface area contributed by atoms with Crippen molar-refractivity contribution < 1.29 is 80.5 Å². The Morgan fingerprint density at radius 3 is 1.95 bits per heavy atom. The van der Waals surface area contributed by atoms with Crippen molar-refractivity contribution in [1.82, 2.24) is 0 Å². The van der Waals surface area contributed by atoms with Crippen LogP contribution in [0, 0.1) is 5.92 Å². The Morgan fingerprint density at radius 1 is 1.05 bits per heavy atom. The molecule has 0 spiro atoms. The summed E-state index contributed by atoms with van der Waals surface area (Å²) in [6.07, 6.45) is 7.83. The smallest absolute Gasteiger partial charge is 0.756 e. The second-order valence-corrected chi connectivity index (χ2v) is 5.76. The summed E-state index contributed by atoms with van der Waals surface area (Å²) >= 11 is 0. The van der Waals surface area contributed by atoms with E-state index in [1.165, 1.54) is 32.1 Å². The Kier molecular flexibility index (Phi) is 24.9. The van der Waals surface area contributed by atoms with Gasteiger partial charge in [0.15, 0.2) is 0 Å². The summed E-state index contributed by atoms with van der Waals surface area (Å²) in [6, 6.07) is 0. The maximum atomic E-state index is 8.77. The maximum Gasteiger partial charge on any atom is 1.00 e. The first-order valence-corrected chi connectivity index (χ1v) is 8.25. The molecule has 118 valence electrons. The van der Waals surface area contributed by atoms with E-state index in [-0.39, 0.29) is 58.0 Å². The molecule has 0 fully saturated rings. The average molecular weight is 338 g/mol. The number of rotatable bonds is 10. The largest absolute Gasteiger partial charge is 1.00 e. The molecule has 0 aromatic rings. The molecule has 0 unspecified atom stereocenters. The van der Waals surface area contributed by atoms with Crippen LogP contribution in [0.15, 0.2) is 0 Å². The van der Waals surface area contributed by atoms with Crippen LogP contribution in [0.2, 0.25) is 0 Å². The molecule has 3 N–H and O–H groups in total. The summed E-state index contributed by atoms with van der Waals surface area (Å²) in [5.41, 5.74) is 0. The van der Waals surface area contributed by atoms with E-state index in [9.17, 15) is 0 Å². The van der Waals surface area contributed by atoms with Gasteiger partial charge in [0, 0.05) is 6.61 Å². The van der Waals surface area contributed by atoms with Crippen molar-refractivity contribution in [2.24, 2.45) is 5.92 Å². The average Bonchev–Trinajstić information content (AvgIpc) is 2.24. The van der Waals surface area contributed by atoms with Crippen LogP contribution in [0.3, 0.4) is 0 Å². The first-order valence-electron chi connectivity index (χ1n) is 6.72. The molecule has 0 heterocycles. The van der Waals surface area contributed by atoms with E-state index >= 15 is 0 Å². The number of aliphatic hydroxyl groups is 1. The summed E-state index contributed by atoms with van der Waals surface area (Å²) in [5.74, 6) is 0.850. The molecule has 20 heavy (non-hydrogen) atoms. The van der Waals surface area contributed by atoms with Crippen molar-refractivity contribution in [2.45, 2.75) is 52.4 Å². The first-order chi connectivity index (χ1) is 8.77. The molecule has 0 aliphatic carbocycles. The second kappa shape index (κ2) is 18.7. The van der Waals surface area contributed by atoms with E-state index in [4.69, 9.17) is 29.1 Å². The fraction of sp³-hybridized carbons (Fsp3) is 1.00. The van der Waals surface area contributed by atoms with Crippen molar-refractivity contribution >= 4 is 7.82 Å². The minimum absolute atomic E-state index is 0. The molecular weight excluding hydrogens is 310 g/mol. The monoisotopic (exact) mass is 338 g/mol. The van der Waals surface area contributed by atoms with Crippen LogP contribution in [0.25, 0.3) is 0 Å². The molecule has 6 nitrogen and oxygen atoms in total. The Morgan fingerprint density at radius 2 is 1.50 bits per heavy atom. The zero-order valence-corrected chi connectivity index (χ0v) is 17.0. The van der Waals surface area contributed by atoms with Crippen LogP contribution >= 0.6 is 7.82 Å². The Hall–Kier alpha value is 1.67. The van der Waals surface area contributed by atoms with Crippen molar-refractivity contribution in [2.75, 3.05) is 19.8 Å². The Labute approximate surface area is 165 Å². The van der Waals surface area contributed by atoms with Crippen LogP contribution in [-0.2, 0) is 9.30 Å². The van der Waals surface area contributed by atoms with Gasteiger partial charge in [-0.25, -0.2) is 0 Å². The number of hydrogen-bond acceptors (Lipinski definition) is 4. The first kappa shape index (κ1) is 26.6. The fourth-order valence-electron chi connectivity index (χ4n) is 1.45. The molecule has 0 radical (unpaired) electrons. The molecule has 0 aliphatic heterocycles. The van der Waals surface area contributed by atoms with Gasteiger partial charge in [0.1, 0.15) is 0 Å². The molecule has 0 amide bonds. The number of unbranched alkanes of at least 4 members (excludes halogenated alkanes) is 4. The zero-order valence-electron chi connectivity index (χ0n) is 13.0. The van der Waals surface area contributed by atoms with Crippen molar-refractivity contribution in [1.29, 1.82) is 0 Å². The number of hydrogen-bond donors (Lipinski definition) is 3. The predicted octanol–water partition coefficient (Wildman–Crippen LogP) is -1.56. The molecule has 0 aromatic heterocycles. The standard InChI is InChI=1S/C12H26O2.K.H3O4P/c1-12(2)8-6-4-3-5-7-10-14-11-9-13;;1-5(2,3)4/h12-13H,3-11H2,1-2H3;;(H3,1,2,3,4)/q;+1;/p-1. The van der Waals surface area contributed by atoms with Gasteiger partial charge in [-0.3, -0.25) is 4.57 Å². The normalized spacial score (nSPS) is 10.8. The predicted molar refractivity (Wildman–Crippen MR) is 72.5 cm³/mol. The quantitative estimate of drug-likeness (QED) is 0.252. The minimum atomic E-state index is -4.89. The van der Waals surface area contributed by atoms with Gasteiger partial charge in [0.25, 0.3) is 7.82 Å². The van der Waals surface area contributed by atoms with Gasteiger partial charge in [-0.15, -0.1) is 0 Å². The molecule has 0 rings (SSSR count). The van der Waals surface area contributed by atoms with Gasteiger partial charge in [-0.05, 0) is 12.3 Å². The molecule has 0 aromatic carbocycles. The van der Waals surface area contributed by atoms with Crippen LogP contribution in [0.4, 0.5) is 0 Å². The summed E-state index contributed by atoms with van der Waals surface area (Å²) in [4.78, 5) is 22.9. The molecule has 8 heteroatoms. The topological polar surface area (TPSA) is 110 Å². The van der Waals surface area contributed by atoms with Gasteiger partial charge >= 0.3 is 51.4 Å². The van der Waals surface area contributed by atoms with E-state index in [1.807, 2.05) is 0 Å². The molecule has 0 saturated carbocycles. The van der Waals surface area contributed by atoms with Crippen LogP contribution in [0.5, 0.6) is 0 Å². The van der Waals surface area contributed by atoms with Crippen molar-refractivity contribution in [3.8, 4) is 0 Å². The van der Waals surface area contributed by atoms with Crippen molar-refractivity contribution in [3.63, 3.8) is 0 Å². The molecule has 0 saturated heterocycles. The minimum Gasteiger partial charge on any atom is -0.756 e. The van der Waals surface area contributed by atoms with Crippen LogP contribution in [-0.4, -0.2) is 34.7 Å². The number of aliphatic hydroxyl groups excluding tert-OH is 1. The number of ether oxygens (including phenoxy) is 1. The van der Waals surface area contributed by atoms with Gasteiger partial charge in [-0.1, -0.05) is 46.0 Å². The summed E-state index contributed by atoms with van der Waals surface area (Å²) < 4.78 is 13.9. The van der Waals surface area contributed by atoms with Gasteiger partial charge < -0.3 is 24.5 Å². The third kappa shape index (κ3) is 42.7. The third-order valence-electron chi connectivity index (χ3n) is 2.31. The third-order valence-corrected chi connectivity index (χ3v) is 2.31. The molecular formula is C12H28KO6P. The second-order valence-electron chi connectivity index (χ2n) is 4.78. The van der Waals surface area contributed by atoms with Gasteiger partial charge in [-0.2, -0.15) is 0 Å². The van der Waals surface area contributed by atoms with E-state index < -0.39 is 7.82 Å². The van der Waals surface area contributed by atoms with E-state index in [0.29, 0.717) is 6.61 Å². The van der Waals surface area contributed by atoms with E-state index in [1.54, 1.807) is 0 Å². The summed E-state index contributed by atoms with van der Waals surface area (Å²) in [6.45, 7) is 6.01. The van der Waals surface area contributed by atoms with E-state index in [2.05, 4.69) is 13.8 Å². The van der Waals surface area contributed by atoms with Gasteiger partial charge in [0.2, 0.25) is 0 Å².